The van der Waals surface area contributed by atoms with Crippen LogP contribution < -0.4 is 0 Å². The van der Waals surface area contributed by atoms with Crippen molar-refractivity contribution in [2.45, 2.75) is 12.5 Å². The first kappa shape index (κ1) is 12.9. The highest BCUT2D eigenvalue weighted by Crippen LogP contribution is 2.24. The lowest BCUT2D eigenvalue weighted by atomic mass is 10.1. The summed E-state index contributed by atoms with van der Waals surface area (Å²) in [7, 11) is 0. The molecular weight excluding hydrogens is 250 g/mol. The van der Waals surface area contributed by atoms with E-state index in [1.54, 1.807) is 4.90 Å². The standard InChI is InChI=1S/C17H17NO2/c19-17(11-14-7-3-1-4-8-14)18-12-16(20-13-18)15-9-5-2-6-10-15/h1-10,16H,11-13H2. The van der Waals surface area contributed by atoms with Gasteiger partial charge in [0, 0.05) is 0 Å². The zero-order chi connectivity index (χ0) is 13.8. The second-order valence-electron chi connectivity index (χ2n) is 4.97. The zero-order valence-electron chi connectivity index (χ0n) is 11.2. The molecule has 2 aromatic rings. The predicted octanol–water partition coefficient (Wildman–Crippen LogP) is 2.79. The van der Waals surface area contributed by atoms with Crippen molar-refractivity contribution in [1.29, 1.82) is 0 Å². The van der Waals surface area contributed by atoms with Crippen molar-refractivity contribution in [3.8, 4) is 0 Å². The fraction of sp³-hybridized carbons (Fsp3) is 0.235. The van der Waals surface area contributed by atoms with Crippen LogP contribution in [0, 0.1) is 0 Å². The van der Waals surface area contributed by atoms with Crippen molar-refractivity contribution >= 4 is 5.91 Å². The van der Waals surface area contributed by atoms with Crippen molar-refractivity contribution < 1.29 is 9.53 Å². The summed E-state index contributed by atoms with van der Waals surface area (Å²) in [6, 6.07) is 19.9. The smallest absolute Gasteiger partial charge is 0.228 e. The molecule has 1 atom stereocenters. The molecule has 20 heavy (non-hydrogen) atoms. The highest BCUT2D eigenvalue weighted by Gasteiger charge is 2.27. The minimum atomic E-state index is -0.00377. The van der Waals surface area contributed by atoms with Crippen LogP contribution in [0.25, 0.3) is 0 Å². The Bertz CT molecular complexity index is 568. The van der Waals surface area contributed by atoms with E-state index in [-0.39, 0.29) is 12.0 Å². The summed E-state index contributed by atoms with van der Waals surface area (Å²) in [5.41, 5.74) is 2.17. The summed E-state index contributed by atoms with van der Waals surface area (Å²) >= 11 is 0. The summed E-state index contributed by atoms with van der Waals surface area (Å²) in [6.45, 7) is 1.01. The Morgan fingerprint density at radius 2 is 1.70 bits per heavy atom. The first-order chi connectivity index (χ1) is 9.83. The molecule has 3 rings (SSSR count). The lowest BCUT2D eigenvalue weighted by Crippen LogP contribution is -2.29. The van der Waals surface area contributed by atoms with E-state index in [2.05, 4.69) is 0 Å². The molecule has 0 bridgehead atoms. The van der Waals surface area contributed by atoms with Gasteiger partial charge in [0.25, 0.3) is 0 Å². The van der Waals surface area contributed by atoms with Crippen LogP contribution in [0.15, 0.2) is 60.7 Å². The number of carbonyl (C=O) groups excluding carboxylic acids is 1. The summed E-state index contributed by atoms with van der Waals surface area (Å²) in [6.07, 6.45) is 0.432. The average Bonchev–Trinajstić information content (AvgIpc) is 2.99. The summed E-state index contributed by atoms with van der Waals surface area (Å²) in [5.74, 6) is 0.120. The third-order valence-electron chi connectivity index (χ3n) is 3.54. The quantitative estimate of drug-likeness (QED) is 0.856. The van der Waals surface area contributed by atoms with Gasteiger partial charge in [-0.2, -0.15) is 0 Å². The fourth-order valence-electron chi connectivity index (χ4n) is 2.41. The second-order valence-corrected chi connectivity index (χ2v) is 4.97. The summed E-state index contributed by atoms with van der Waals surface area (Å²) in [4.78, 5) is 14.0. The highest BCUT2D eigenvalue weighted by atomic mass is 16.5. The molecule has 0 aliphatic carbocycles. The van der Waals surface area contributed by atoms with Crippen molar-refractivity contribution in [3.63, 3.8) is 0 Å². The molecule has 0 radical (unpaired) electrons. The normalized spacial score (nSPS) is 18.2. The first-order valence-electron chi connectivity index (χ1n) is 6.81. The van der Waals surface area contributed by atoms with Crippen molar-refractivity contribution in [1.82, 2.24) is 4.90 Å². The van der Waals surface area contributed by atoms with Crippen LogP contribution >= 0.6 is 0 Å². The minimum Gasteiger partial charge on any atom is -0.351 e. The summed E-state index contributed by atoms with van der Waals surface area (Å²) in [5, 5.41) is 0. The third-order valence-corrected chi connectivity index (χ3v) is 3.54. The number of carbonyl (C=O) groups is 1. The molecule has 0 spiro atoms. The molecule has 1 unspecified atom stereocenters. The topological polar surface area (TPSA) is 29.5 Å². The first-order valence-corrected chi connectivity index (χ1v) is 6.81. The van der Waals surface area contributed by atoms with E-state index in [9.17, 15) is 4.79 Å². The van der Waals surface area contributed by atoms with Crippen molar-refractivity contribution in [3.05, 3.63) is 71.8 Å². The Hall–Kier alpha value is -2.13. The van der Waals surface area contributed by atoms with Crippen LogP contribution in [-0.2, 0) is 16.0 Å². The number of hydrogen-bond donors (Lipinski definition) is 0. The monoisotopic (exact) mass is 267 g/mol. The lowest BCUT2D eigenvalue weighted by Gasteiger charge is -2.14. The minimum absolute atomic E-state index is 0.00377. The van der Waals surface area contributed by atoms with E-state index in [0.717, 1.165) is 11.1 Å². The Morgan fingerprint density at radius 3 is 2.40 bits per heavy atom. The number of hydrogen-bond acceptors (Lipinski definition) is 2. The molecular formula is C17H17NO2. The van der Waals surface area contributed by atoms with Crippen LogP contribution in [0.2, 0.25) is 0 Å². The van der Waals surface area contributed by atoms with Crippen LogP contribution in [0.3, 0.4) is 0 Å². The number of ether oxygens (including phenoxy) is 1. The van der Waals surface area contributed by atoms with E-state index in [4.69, 9.17) is 4.74 Å². The van der Waals surface area contributed by atoms with Crippen LogP contribution in [0.5, 0.6) is 0 Å². The van der Waals surface area contributed by atoms with Gasteiger partial charge in [-0.05, 0) is 11.1 Å². The van der Waals surface area contributed by atoms with Gasteiger partial charge in [0.2, 0.25) is 5.91 Å². The molecule has 0 aromatic heterocycles. The molecule has 1 aliphatic heterocycles. The van der Waals surface area contributed by atoms with Gasteiger partial charge in [-0.3, -0.25) is 4.79 Å². The molecule has 0 saturated carbocycles. The van der Waals surface area contributed by atoms with E-state index in [0.29, 0.717) is 19.7 Å². The molecule has 0 N–H and O–H groups in total. The molecule has 3 nitrogen and oxygen atoms in total. The molecule has 1 amide bonds. The third kappa shape index (κ3) is 2.89. The van der Waals surface area contributed by atoms with Gasteiger partial charge in [0.05, 0.1) is 13.0 Å². The maximum Gasteiger partial charge on any atom is 0.228 e. The Morgan fingerprint density at radius 1 is 1.05 bits per heavy atom. The predicted molar refractivity (Wildman–Crippen MR) is 77.0 cm³/mol. The lowest BCUT2D eigenvalue weighted by molar-refractivity contribution is -0.130. The zero-order valence-corrected chi connectivity index (χ0v) is 11.2. The van der Waals surface area contributed by atoms with E-state index in [1.165, 1.54) is 0 Å². The van der Waals surface area contributed by atoms with Gasteiger partial charge in [0.1, 0.15) is 12.8 Å². The van der Waals surface area contributed by atoms with Crippen molar-refractivity contribution in [2.24, 2.45) is 0 Å². The Balaban J connectivity index is 1.61. The molecule has 1 heterocycles. The average molecular weight is 267 g/mol. The Kier molecular flexibility index (Phi) is 3.79. The maximum atomic E-state index is 12.2. The van der Waals surface area contributed by atoms with Gasteiger partial charge in [-0.25, -0.2) is 0 Å². The number of amides is 1. The maximum absolute atomic E-state index is 12.2. The van der Waals surface area contributed by atoms with Gasteiger partial charge < -0.3 is 9.64 Å². The SMILES string of the molecule is O=C(Cc1ccccc1)N1COC(c2ccccc2)C1. The molecule has 102 valence electrons. The summed E-state index contributed by atoms with van der Waals surface area (Å²) < 4.78 is 5.72. The second kappa shape index (κ2) is 5.88. The number of rotatable bonds is 3. The van der Waals surface area contributed by atoms with Gasteiger partial charge in [0.15, 0.2) is 0 Å². The number of benzene rings is 2. The van der Waals surface area contributed by atoms with Crippen LogP contribution in [-0.4, -0.2) is 24.1 Å². The highest BCUT2D eigenvalue weighted by molar-refractivity contribution is 5.78. The molecule has 1 saturated heterocycles. The molecule has 1 fully saturated rings. The van der Waals surface area contributed by atoms with E-state index in [1.807, 2.05) is 60.7 Å². The van der Waals surface area contributed by atoms with Gasteiger partial charge in [-0.15, -0.1) is 0 Å². The Labute approximate surface area is 118 Å². The van der Waals surface area contributed by atoms with E-state index < -0.39 is 0 Å². The van der Waals surface area contributed by atoms with E-state index >= 15 is 0 Å². The van der Waals surface area contributed by atoms with Gasteiger partial charge >= 0.3 is 0 Å². The van der Waals surface area contributed by atoms with Gasteiger partial charge in [-0.1, -0.05) is 60.7 Å². The largest absolute Gasteiger partial charge is 0.351 e. The molecule has 2 aromatic carbocycles. The van der Waals surface area contributed by atoms with Crippen LogP contribution in [0.4, 0.5) is 0 Å². The number of nitrogens with zero attached hydrogens (tertiary/aromatic N) is 1. The molecule has 3 heteroatoms. The fourth-order valence-corrected chi connectivity index (χ4v) is 2.41. The molecule has 1 aliphatic rings. The van der Waals surface area contributed by atoms with Crippen LogP contribution in [0.1, 0.15) is 17.2 Å². The van der Waals surface area contributed by atoms with Crippen molar-refractivity contribution in [2.75, 3.05) is 13.3 Å².